The maximum Gasteiger partial charge on any atom is 0.218 e. The third kappa shape index (κ3) is 5.15. The molecule has 6 nitrogen and oxygen atoms in total. The molecule has 0 bridgehead atoms. The number of aliphatic hydroxyl groups excluding tert-OH is 1. The van der Waals surface area contributed by atoms with Gasteiger partial charge >= 0.3 is 0 Å². The van der Waals surface area contributed by atoms with Crippen LogP contribution in [0.2, 0.25) is 0 Å². The summed E-state index contributed by atoms with van der Waals surface area (Å²) in [7, 11) is -1.99. The molecular formula is C12H20N2O4S. The maximum absolute atomic E-state index is 12.2. The van der Waals surface area contributed by atoms with Crippen LogP contribution < -0.4 is 5.73 Å². The van der Waals surface area contributed by atoms with Gasteiger partial charge in [-0.3, -0.25) is 0 Å². The second-order valence-electron chi connectivity index (χ2n) is 4.12. The Balaban J connectivity index is 2.81. The summed E-state index contributed by atoms with van der Waals surface area (Å²) in [6, 6.07) is 6.75. The highest BCUT2D eigenvalue weighted by Gasteiger charge is 2.21. The summed E-state index contributed by atoms with van der Waals surface area (Å²) < 4.78 is 30.5. The van der Waals surface area contributed by atoms with Crippen molar-refractivity contribution in [1.82, 2.24) is 4.31 Å². The molecule has 1 rings (SSSR count). The molecule has 0 aliphatic carbocycles. The highest BCUT2D eigenvalue weighted by molar-refractivity contribution is 7.88. The second-order valence-corrected chi connectivity index (χ2v) is 6.09. The molecule has 0 radical (unpaired) electrons. The summed E-state index contributed by atoms with van der Waals surface area (Å²) in [5, 5.41) is 8.94. The molecule has 0 aliphatic rings. The number of ether oxygens (including phenoxy) is 1. The molecule has 0 fully saturated rings. The Morgan fingerprint density at radius 2 is 2.11 bits per heavy atom. The third-order valence-corrected chi connectivity index (χ3v) is 4.44. The molecule has 0 amide bonds. The van der Waals surface area contributed by atoms with Crippen molar-refractivity contribution in [3.05, 3.63) is 29.8 Å². The fourth-order valence-corrected chi connectivity index (χ4v) is 3.18. The Labute approximate surface area is 113 Å². The molecule has 0 saturated carbocycles. The zero-order chi connectivity index (χ0) is 14.3. The molecule has 3 N–H and O–H groups in total. The fraction of sp³-hybridized carbons (Fsp3) is 0.500. The van der Waals surface area contributed by atoms with Crippen LogP contribution in [0.15, 0.2) is 24.3 Å². The summed E-state index contributed by atoms with van der Waals surface area (Å²) in [6.07, 6.45) is 0. The normalized spacial score (nSPS) is 11.9. The number of nitrogens with two attached hydrogens (primary N) is 1. The van der Waals surface area contributed by atoms with Gasteiger partial charge in [-0.15, -0.1) is 0 Å². The number of nitrogens with zero attached hydrogens (tertiary/aromatic N) is 1. The Hall–Kier alpha value is -1.15. The van der Waals surface area contributed by atoms with Crippen LogP contribution in [0.4, 0.5) is 5.69 Å². The average molecular weight is 288 g/mol. The van der Waals surface area contributed by atoms with Crippen LogP contribution in [0.5, 0.6) is 0 Å². The molecule has 19 heavy (non-hydrogen) atoms. The zero-order valence-electron chi connectivity index (χ0n) is 10.9. The fourth-order valence-electron chi connectivity index (χ4n) is 1.68. The van der Waals surface area contributed by atoms with Crippen LogP contribution >= 0.6 is 0 Å². The van der Waals surface area contributed by atoms with E-state index in [-0.39, 0.29) is 32.1 Å². The first kappa shape index (κ1) is 15.9. The molecular weight excluding hydrogens is 268 g/mol. The minimum Gasteiger partial charge on any atom is -0.399 e. The van der Waals surface area contributed by atoms with E-state index in [1.807, 2.05) is 0 Å². The number of sulfonamides is 1. The molecule has 0 spiro atoms. The molecule has 7 heteroatoms. The van der Waals surface area contributed by atoms with Gasteiger partial charge in [0.25, 0.3) is 0 Å². The first-order valence-electron chi connectivity index (χ1n) is 5.91. The van der Waals surface area contributed by atoms with Crippen LogP contribution in [-0.4, -0.2) is 51.2 Å². The van der Waals surface area contributed by atoms with Gasteiger partial charge in [0.1, 0.15) is 0 Å². The van der Waals surface area contributed by atoms with E-state index in [0.717, 1.165) is 0 Å². The monoisotopic (exact) mass is 288 g/mol. The number of rotatable bonds is 8. The number of anilines is 1. The van der Waals surface area contributed by atoms with Crippen LogP contribution in [0.3, 0.4) is 0 Å². The number of hydrogen-bond donors (Lipinski definition) is 2. The minimum absolute atomic E-state index is 0.0635. The lowest BCUT2D eigenvalue weighted by atomic mass is 10.2. The quantitative estimate of drug-likeness (QED) is 0.659. The van der Waals surface area contributed by atoms with Gasteiger partial charge in [0.05, 0.1) is 19.0 Å². The van der Waals surface area contributed by atoms with E-state index >= 15 is 0 Å². The van der Waals surface area contributed by atoms with Crippen molar-refractivity contribution >= 4 is 15.7 Å². The molecule has 1 aromatic rings. The number of aliphatic hydroxyl groups is 1. The standard InChI is InChI=1S/C12H20N2O4S/c1-18-8-6-14(5-7-15)19(16,17)10-11-3-2-4-12(13)9-11/h2-4,9,15H,5-8,10,13H2,1H3. The lowest BCUT2D eigenvalue weighted by molar-refractivity contribution is 0.168. The van der Waals surface area contributed by atoms with Gasteiger partial charge in [-0.1, -0.05) is 12.1 Å². The van der Waals surface area contributed by atoms with E-state index in [9.17, 15) is 8.42 Å². The Morgan fingerprint density at radius 3 is 2.68 bits per heavy atom. The molecule has 0 unspecified atom stereocenters. The molecule has 0 aromatic heterocycles. The van der Waals surface area contributed by atoms with Crippen molar-refractivity contribution in [1.29, 1.82) is 0 Å². The average Bonchev–Trinajstić information content (AvgIpc) is 2.33. The van der Waals surface area contributed by atoms with E-state index in [1.165, 1.54) is 11.4 Å². The number of methoxy groups -OCH3 is 1. The van der Waals surface area contributed by atoms with Gasteiger partial charge < -0.3 is 15.6 Å². The SMILES string of the molecule is COCCN(CCO)S(=O)(=O)Cc1cccc(N)c1. The second kappa shape index (κ2) is 7.44. The van der Waals surface area contributed by atoms with E-state index in [2.05, 4.69) is 0 Å². The lowest BCUT2D eigenvalue weighted by Crippen LogP contribution is -2.37. The first-order valence-corrected chi connectivity index (χ1v) is 7.52. The molecule has 0 aliphatic heterocycles. The van der Waals surface area contributed by atoms with Crippen molar-refractivity contribution in [2.75, 3.05) is 39.1 Å². The van der Waals surface area contributed by atoms with Crippen molar-refractivity contribution < 1.29 is 18.3 Å². The smallest absolute Gasteiger partial charge is 0.218 e. The van der Waals surface area contributed by atoms with Crippen LogP contribution in [0.25, 0.3) is 0 Å². The maximum atomic E-state index is 12.2. The highest BCUT2D eigenvalue weighted by atomic mass is 32.2. The van der Waals surface area contributed by atoms with Gasteiger partial charge in [-0.25, -0.2) is 8.42 Å². The van der Waals surface area contributed by atoms with Crippen molar-refractivity contribution in [2.45, 2.75) is 5.75 Å². The molecule has 0 saturated heterocycles. The largest absolute Gasteiger partial charge is 0.399 e. The van der Waals surface area contributed by atoms with Gasteiger partial charge in [0, 0.05) is 25.9 Å². The van der Waals surface area contributed by atoms with E-state index in [1.54, 1.807) is 24.3 Å². The van der Waals surface area contributed by atoms with Crippen LogP contribution in [0.1, 0.15) is 5.56 Å². The highest BCUT2D eigenvalue weighted by Crippen LogP contribution is 2.13. The van der Waals surface area contributed by atoms with E-state index in [0.29, 0.717) is 11.3 Å². The van der Waals surface area contributed by atoms with Gasteiger partial charge in [0.15, 0.2) is 0 Å². The van der Waals surface area contributed by atoms with E-state index < -0.39 is 10.0 Å². The molecule has 108 valence electrons. The van der Waals surface area contributed by atoms with Crippen molar-refractivity contribution in [2.24, 2.45) is 0 Å². The van der Waals surface area contributed by atoms with Crippen molar-refractivity contribution in [3.63, 3.8) is 0 Å². The molecule has 1 aromatic carbocycles. The van der Waals surface area contributed by atoms with Gasteiger partial charge in [0.2, 0.25) is 10.0 Å². The Bertz CT molecular complexity index is 490. The Morgan fingerprint density at radius 1 is 1.37 bits per heavy atom. The molecule has 0 heterocycles. The Kier molecular flexibility index (Phi) is 6.23. The minimum atomic E-state index is -3.49. The summed E-state index contributed by atoms with van der Waals surface area (Å²) >= 11 is 0. The van der Waals surface area contributed by atoms with Gasteiger partial charge in [-0.05, 0) is 17.7 Å². The predicted octanol–water partition coefficient (Wildman–Crippen LogP) is 0.0393. The van der Waals surface area contributed by atoms with Gasteiger partial charge in [-0.2, -0.15) is 4.31 Å². The van der Waals surface area contributed by atoms with Crippen LogP contribution in [-0.2, 0) is 20.5 Å². The number of nitrogen functional groups attached to an aromatic ring is 1. The number of benzene rings is 1. The molecule has 0 atom stereocenters. The number of hydrogen-bond acceptors (Lipinski definition) is 5. The third-order valence-electron chi connectivity index (χ3n) is 2.59. The lowest BCUT2D eigenvalue weighted by Gasteiger charge is -2.21. The van der Waals surface area contributed by atoms with E-state index in [4.69, 9.17) is 15.6 Å². The summed E-state index contributed by atoms with van der Waals surface area (Å²) in [6.45, 7) is 0.353. The zero-order valence-corrected chi connectivity index (χ0v) is 11.8. The summed E-state index contributed by atoms with van der Waals surface area (Å²) in [5.41, 5.74) is 6.78. The predicted molar refractivity (Wildman–Crippen MR) is 74.0 cm³/mol. The summed E-state index contributed by atoms with van der Waals surface area (Å²) in [4.78, 5) is 0. The van der Waals surface area contributed by atoms with Crippen LogP contribution in [0, 0.1) is 0 Å². The first-order chi connectivity index (χ1) is 8.99. The topological polar surface area (TPSA) is 92.9 Å². The van der Waals surface area contributed by atoms with Crippen molar-refractivity contribution in [3.8, 4) is 0 Å². The summed E-state index contributed by atoms with van der Waals surface area (Å²) in [5.74, 6) is -0.137.